The van der Waals surface area contributed by atoms with Gasteiger partial charge in [-0.25, -0.2) is 0 Å². The molecule has 2 aromatic rings. The Morgan fingerprint density at radius 1 is 1.33 bits per heavy atom. The van der Waals surface area contributed by atoms with Crippen LogP contribution >= 0.6 is 23.1 Å². The van der Waals surface area contributed by atoms with Crippen LogP contribution in [-0.4, -0.2) is 28.8 Å². The number of hydrogen-bond donors (Lipinski definition) is 1. The van der Waals surface area contributed by atoms with Crippen molar-refractivity contribution >= 4 is 34.0 Å². The van der Waals surface area contributed by atoms with E-state index in [0.29, 0.717) is 40.7 Å². The second-order valence-electron chi connectivity index (χ2n) is 6.87. The lowest BCUT2D eigenvalue weighted by molar-refractivity contribution is -0.116. The van der Waals surface area contributed by atoms with Gasteiger partial charge in [0.25, 0.3) is 0 Å². The van der Waals surface area contributed by atoms with Crippen molar-refractivity contribution in [3.63, 3.8) is 0 Å². The number of nitriles is 1. The Bertz CT molecular complexity index is 1080. The number of anilines is 1. The van der Waals surface area contributed by atoms with E-state index in [0.717, 1.165) is 27.8 Å². The molecule has 1 aromatic carbocycles. The molecule has 1 aromatic heterocycles. The number of carbonyl (C=O) groups is 1. The largest absolute Gasteiger partial charge is 0.497 e. The van der Waals surface area contributed by atoms with Gasteiger partial charge in [0.05, 0.1) is 24.7 Å². The summed E-state index contributed by atoms with van der Waals surface area (Å²) in [6.45, 7) is 2.05. The van der Waals surface area contributed by atoms with Crippen LogP contribution in [0.25, 0.3) is 0 Å². The first-order chi connectivity index (χ1) is 14.6. The zero-order valence-corrected chi connectivity index (χ0v) is 18.3. The fourth-order valence-corrected chi connectivity index (χ4v) is 5.69. The van der Waals surface area contributed by atoms with Crippen LogP contribution in [0.1, 0.15) is 37.7 Å². The Morgan fingerprint density at radius 2 is 2.10 bits per heavy atom. The van der Waals surface area contributed by atoms with Crippen LogP contribution in [0.5, 0.6) is 5.75 Å². The number of ether oxygens (including phenoxy) is 1. The topological polar surface area (TPSA) is 105 Å². The summed E-state index contributed by atoms with van der Waals surface area (Å²) < 4.78 is 6.08. The summed E-state index contributed by atoms with van der Waals surface area (Å²) in [4.78, 5) is 14.8. The minimum atomic E-state index is -0.489. The predicted molar refractivity (Wildman–Crippen MR) is 117 cm³/mol. The molecular formula is C21H21N5O2S2. The fourth-order valence-electron chi connectivity index (χ4n) is 3.91. The summed E-state index contributed by atoms with van der Waals surface area (Å²) in [5.41, 5.74) is 9.19. The number of nitrogens with two attached hydrogens (primary N) is 1. The molecule has 2 N–H and O–H groups in total. The van der Waals surface area contributed by atoms with Gasteiger partial charge in [-0.2, -0.15) is 5.26 Å². The molecule has 2 heterocycles. The summed E-state index contributed by atoms with van der Waals surface area (Å²) in [5.74, 6) is 1.48. The van der Waals surface area contributed by atoms with Crippen molar-refractivity contribution in [3.8, 4) is 11.8 Å². The Morgan fingerprint density at radius 3 is 2.77 bits per heavy atom. The monoisotopic (exact) mass is 439 g/mol. The number of methoxy groups -OCH3 is 1. The first-order valence-corrected chi connectivity index (χ1v) is 11.5. The first-order valence-electron chi connectivity index (χ1n) is 9.65. The zero-order chi connectivity index (χ0) is 21.3. The lowest BCUT2D eigenvalue weighted by Gasteiger charge is -2.38. The second-order valence-corrected chi connectivity index (χ2v) is 9.34. The summed E-state index contributed by atoms with van der Waals surface area (Å²) >= 11 is 3.02. The molecule has 2 aliphatic rings. The van der Waals surface area contributed by atoms with Gasteiger partial charge in [0.2, 0.25) is 5.13 Å². The van der Waals surface area contributed by atoms with Crippen molar-refractivity contribution < 1.29 is 9.53 Å². The third-order valence-electron chi connectivity index (χ3n) is 5.22. The highest BCUT2D eigenvalue weighted by molar-refractivity contribution is 8.01. The number of benzene rings is 1. The maximum Gasteiger partial charge on any atom is 0.219 e. The standard InChI is InChI=1S/C21H21N5O2S2/c1-3-29-21-25-24-20(30-21)26-15-5-4-6-16(27)18(15)17(14(11-22)19(26)23)12-7-9-13(28-2)10-8-12/h7-10,17H,3-6,23H2,1-2H3. The smallest absolute Gasteiger partial charge is 0.219 e. The Labute approximate surface area is 183 Å². The van der Waals surface area contributed by atoms with Crippen LogP contribution in [0, 0.1) is 11.3 Å². The zero-order valence-electron chi connectivity index (χ0n) is 16.7. The molecule has 0 saturated heterocycles. The van der Waals surface area contributed by atoms with E-state index in [1.165, 1.54) is 11.3 Å². The molecule has 7 nitrogen and oxygen atoms in total. The molecule has 0 fully saturated rings. The molecule has 0 saturated carbocycles. The van der Waals surface area contributed by atoms with E-state index in [2.05, 4.69) is 23.2 Å². The van der Waals surface area contributed by atoms with E-state index in [-0.39, 0.29) is 5.78 Å². The maximum atomic E-state index is 13.1. The Kier molecular flexibility index (Phi) is 5.79. The van der Waals surface area contributed by atoms with Gasteiger partial charge >= 0.3 is 0 Å². The highest BCUT2D eigenvalue weighted by Gasteiger charge is 2.41. The van der Waals surface area contributed by atoms with E-state index in [1.807, 2.05) is 24.3 Å². The summed E-state index contributed by atoms with van der Waals surface area (Å²) in [7, 11) is 1.60. The van der Waals surface area contributed by atoms with E-state index < -0.39 is 5.92 Å². The maximum absolute atomic E-state index is 13.1. The summed E-state index contributed by atoms with van der Waals surface area (Å²) in [5, 5.41) is 19.1. The third-order valence-corrected chi connectivity index (χ3v) is 7.14. The van der Waals surface area contributed by atoms with E-state index >= 15 is 0 Å². The highest BCUT2D eigenvalue weighted by atomic mass is 32.2. The van der Waals surface area contributed by atoms with Crippen molar-refractivity contribution in [1.82, 2.24) is 10.2 Å². The van der Waals surface area contributed by atoms with Crippen molar-refractivity contribution in [2.45, 2.75) is 36.4 Å². The Balaban J connectivity index is 1.88. The SMILES string of the molecule is CCSc1nnc(N2C(N)=C(C#N)C(c3ccc(OC)cc3)C3=C2CCCC3=O)s1. The molecule has 0 bridgehead atoms. The van der Waals surface area contributed by atoms with Gasteiger partial charge in [-0.15, -0.1) is 10.2 Å². The van der Waals surface area contributed by atoms with Crippen LogP contribution < -0.4 is 15.4 Å². The molecule has 1 aliphatic heterocycles. The second kappa shape index (κ2) is 8.50. The molecule has 0 spiro atoms. The quantitative estimate of drug-likeness (QED) is 0.698. The highest BCUT2D eigenvalue weighted by Crippen LogP contribution is 2.47. The van der Waals surface area contributed by atoms with Gasteiger partial charge < -0.3 is 10.5 Å². The average molecular weight is 440 g/mol. The minimum absolute atomic E-state index is 0.0509. The van der Waals surface area contributed by atoms with Crippen molar-refractivity contribution in [2.24, 2.45) is 5.73 Å². The predicted octanol–water partition coefficient (Wildman–Crippen LogP) is 3.96. The van der Waals surface area contributed by atoms with Crippen molar-refractivity contribution in [2.75, 3.05) is 17.8 Å². The molecule has 1 aliphatic carbocycles. The number of hydrogen-bond acceptors (Lipinski definition) is 9. The number of Topliss-reactive ketones (excluding diaryl/α,β-unsaturated/α-hetero) is 1. The first kappa shape index (κ1) is 20.4. The number of ketones is 1. The summed E-state index contributed by atoms with van der Waals surface area (Å²) in [6.07, 6.45) is 1.90. The van der Waals surface area contributed by atoms with Crippen molar-refractivity contribution in [1.29, 1.82) is 5.26 Å². The number of nitrogens with zero attached hydrogens (tertiary/aromatic N) is 4. The molecular weight excluding hydrogens is 418 g/mol. The third kappa shape index (κ3) is 3.46. The van der Waals surface area contributed by atoms with Crippen LogP contribution in [0.2, 0.25) is 0 Å². The fraction of sp³-hybridized carbons (Fsp3) is 0.333. The van der Waals surface area contributed by atoms with Crippen LogP contribution in [0.4, 0.5) is 5.13 Å². The lowest BCUT2D eigenvalue weighted by atomic mass is 9.76. The van der Waals surface area contributed by atoms with Gasteiger partial charge in [-0.05, 0) is 36.3 Å². The molecule has 1 unspecified atom stereocenters. The van der Waals surface area contributed by atoms with Gasteiger partial charge in [0.15, 0.2) is 10.1 Å². The average Bonchev–Trinajstić information content (AvgIpc) is 3.21. The normalized spacial score (nSPS) is 19.0. The molecule has 4 rings (SSSR count). The van der Waals surface area contributed by atoms with Crippen LogP contribution in [0.3, 0.4) is 0 Å². The van der Waals surface area contributed by atoms with E-state index in [9.17, 15) is 10.1 Å². The number of aromatic nitrogens is 2. The molecule has 9 heteroatoms. The van der Waals surface area contributed by atoms with Gasteiger partial charge in [0, 0.05) is 17.7 Å². The molecule has 30 heavy (non-hydrogen) atoms. The van der Waals surface area contributed by atoms with E-state index in [1.54, 1.807) is 23.8 Å². The van der Waals surface area contributed by atoms with Gasteiger partial charge in [0.1, 0.15) is 11.6 Å². The minimum Gasteiger partial charge on any atom is -0.497 e. The van der Waals surface area contributed by atoms with Crippen molar-refractivity contribution in [3.05, 3.63) is 52.5 Å². The van der Waals surface area contributed by atoms with Crippen LogP contribution in [-0.2, 0) is 4.79 Å². The van der Waals surface area contributed by atoms with Crippen LogP contribution in [0.15, 0.2) is 51.3 Å². The van der Waals surface area contributed by atoms with Gasteiger partial charge in [-0.3, -0.25) is 9.69 Å². The lowest BCUT2D eigenvalue weighted by Crippen LogP contribution is -2.38. The summed E-state index contributed by atoms with van der Waals surface area (Å²) in [6, 6.07) is 9.70. The molecule has 154 valence electrons. The molecule has 0 radical (unpaired) electrons. The number of rotatable bonds is 5. The van der Waals surface area contributed by atoms with E-state index in [4.69, 9.17) is 10.5 Å². The Hall–Kier alpha value is -2.83. The number of allylic oxidation sites excluding steroid dienone is 3. The van der Waals surface area contributed by atoms with Gasteiger partial charge in [-0.1, -0.05) is 42.2 Å². The number of thioether (sulfide) groups is 1. The number of carbonyl (C=O) groups excluding carboxylic acids is 1. The molecule has 1 atom stereocenters. The molecule has 0 amide bonds.